The zero-order chi connectivity index (χ0) is 8.97. The lowest BCUT2D eigenvalue weighted by molar-refractivity contribution is 0.230. The van der Waals surface area contributed by atoms with E-state index in [-0.39, 0.29) is 6.10 Å². The predicted octanol–water partition coefficient (Wildman–Crippen LogP) is 2.61. The van der Waals surface area contributed by atoms with Gasteiger partial charge in [-0.2, -0.15) is 0 Å². The summed E-state index contributed by atoms with van der Waals surface area (Å²) in [5.74, 6) is 1.08. The van der Waals surface area contributed by atoms with E-state index in [4.69, 9.17) is 16.3 Å². The van der Waals surface area contributed by atoms with Crippen molar-refractivity contribution in [3.63, 3.8) is 0 Å². The van der Waals surface area contributed by atoms with Crippen molar-refractivity contribution >= 4 is 11.6 Å². The average Bonchev–Trinajstić information content (AvgIpc) is 2.04. The van der Waals surface area contributed by atoms with Crippen molar-refractivity contribution in [2.45, 2.75) is 25.8 Å². The van der Waals surface area contributed by atoms with E-state index >= 15 is 0 Å². The summed E-state index contributed by atoms with van der Waals surface area (Å²) >= 11 is 5.70. The Bertz CT molecular complexity index is 250. The van der Waals surface area contributed by atoms with Gasteiger partial charge in [-0.1, -0.05) is 6.07 Å². The first kappa shape index (κ1) is 9.33. The highest BCUT2D eigenvalue weighted by Gasteiger charge is 2.04. The fraction of sp³-hybridized carbons (Fsp3) is 0.444. The summed E-state index contributed by atoms with van der Waals surface area (Å²) < 4.78 is 5.44. The Kier molecular flexibility index (Phi) is 3.35. The van der Waals surface area contributed by atoms with Crippen LogP contribution in [0.4, 0.5) is 0 Å². The molecule has 0 fully saturated rings. The van der Waals surface area contributed by atoms with Gasteiger partial charge in [-0.25, -0.2) is 4.98 Å². The average molecular weight is 186 g/mol. The molecule has 0 N–H and O–H groups in total. The van der Waals surface area contributed by atoms with Crippen LogP contribution in [-0.4, -0.2) is 11.1 Å². The Morgan fingerprint density at radius 1 is 1.58 bits per heavy atom. The molecular weight excluding hydrogens is 174 g/mol. The van der Waals surface area contributed by atoms with E-state index < -0.39 is 0 Å². The third-order valence-electron chi connectivity index (χ3n) is 1.34. The second-order valence-electron chi connectivity index (χ2n) is 2.77. The number of pyridine rings is 1. The van der Waals surface area contributed by atoms with Gasteiger partial charge >= 0.3 is 0 Å². The van der Waals surface area contributed by atoms with E-state index in [2.05, 4.69) is 4.98 Å². The Labute approximate surface area is 77.5 Å². The normalized spacial score (nSPS) is 10.3. The molecule has 0 amide bonds. The largest absolute Gasteiger partial charge is 0.475 e. The predicted molar refractivity (Wildman–Crippen MR) is 49.6 cm³/mol. The molecule has 0 aliphatic heterocycles. The minimum absolute atomic E-state index is 0.141. The van der Waals surface area contributed by atoms with Crippen LogP contribution in [0.2, 0.25) is 0 Å². The molecule has 1 heterocycles. The SMILES string of the molecule is CC(C)Oc1ncccc1CCl. The van der Waals surface area contributed by atoms with Gasteiger partial charge in [0.2, 0.25) is 5.88 Å². The summed E-state index contributed by atoms with van der Waals surface area (Å²) in [5, 5.41) is 0. The van der Waals surface area contributed by atoms with E-state index in [1.165, 1.54) is 0 Å². The van der Waals surface area contributed by atoms with Crippen LogP contribution in [0, 0.1) is 0 Å². The molecule has 0 saturated heterocycles. The smallest absolute Gasteiger partial charge is 0.217 e. The second-order valence-corrected chi connectivity index (χ2v) is 3.04. The summed E-state index contributed by atoms with van der Waals surface area (Å²) in [6, 6.07) is 3.77. The van der Waals surface area contributed by atoms with Crippen molar-refractivity contribution in [1.29, 1.82) is 0 Å². The maximum atomic E-state index is 5.70. The number of nitrogens with zero attached hydrogens (tertiary/aromatic N) is 1. The molecule has 1 aromatic heterocycles. The number of hydrogen-bond acceptors (Lipinski definition) is 2. The first-order chi connectivity index (χ1) is 5.74. The Hall–Kier alpha value is -0.760. The maximum Gasteiger partial charge on any atom is 0.217 e. The van der Waals surface area contributed by atoms with Gasteiger partial charge in [0.25, 0.3) is 0 Å². The molecule has 0 aliphatic carbocycles. The lowest BCUT2D eigenvalue weighted by Crippen LogP contribution is -2.08. The van der Waals surface area contributed by atoms with Crippen LogP contribution < -0.4 is 4.74 Å². The van der Waals surface area contributed by atoms with Gasteiger partial charge < -0.3 is 4.74 Å². The number of halogens is 1. The van der Waals surface area contributed by atoms with Crippen LogP contribution in [0.25, 0.3) is 0 Å². The van der Waals surface area contributed by atoms with E-state index in [1.807, 2.05) is 26.0 Å². The molecule has 0 aromatic carbocycles. The number of hydrogen-bond donors (Lipinski definition) is 0. The van der Waals surface area contributed by atoms with E-state index in [9.17, 15) is 0 Å². The maximum absolute atomic E-state index is 5.70. The zero-order valence-electron chi connectivity index (χ0n) is 7.25. The number of ether oxygens (including phenoxy) is 1. The van der Waals surface area contributed by atoms with Gasteiger partial charge in [0, 0.05) is 11.8 Å². The fourth-order valence-corrected chi connectivity index (χ4v) is 1.06. The van der Waals surface area contributed by atoms with E-state index in [0.717, 1.165) is 5.56 Å². The highest BCUT2D eigenvalue weighted by atomic mass is 35.5. The van der Waals surface area contributed by atoms with E-state index in [0.29, 0.717) is 11.8 Å². The molecule has 0 spiro atoms. The summed E-state index contributed by atoms with van der Waals surface area (Å²) in [5.41, 5.74) is 0.938. The minimum Gasteiger partial charge on any atom is -0.475 e. The molecule has 2 nitrogen and oxygen atoms in total. The minimum atomic E-state index is 0.141. The topological polar surface area (TPSA) is 22.1 Å². The van der Waals surface area contributed by atoms with Gasteiger partial charge in [-0.05, 0) is 19.9 Å². The summed E-state index contributed by atoms with van der Waals surface area (Å²) in [6.45, 7) is 3.93. The van der Waals surface area contributed by atoms with Gasteiger partial charge in [0.05, 0.1) is 12.0 Å². The van der Waals surface area contributed by atoms with Crippen molar-refractivity contribution in [2.24, 2.45) is 0 Å². The lowest BCUT2D eigenvalue weighted by Gasteiger charge is -2.10. The van der Waals surface area contributed by atoms with Crippen molar-refractivity contribution in [2.75, 3.05) is 0 Å². The van der Waals surface area contributed by atoms with Gasteiger partial charge in [0.1, 0.15) is 0 Å². The van der Waals surface area contributed by atoms with Crippen LogP contribution in [-0.2, 0) is 5.88 Å². The molecule has 3 heteroatoms. The quantitative estimate of drug-likeness (QED) is 0.676. The molecule has 0 saturated carbocycles. The van der Waals surface area contributed by atoms with Crippen molar-refractivity contribution in [3.8, 4) is 5.88 Å². The molecule has 66 valence electrons. The second kappa shape index (κ2) is 4.31. The van der Waals surface area contributed by atoms with Crippen LogP contribution in [0.1, 0.15) is 19.4 Å². The molecule has 12 heavy (non-hydrogen) atoms. The van der Waals surface area contributed by atoms with Gasteiger partial charge in [-0.15, -0.1) is 11.6 Å². The highest BCUT2D eigenvalue weighted by molar-refractivity contribution is 6.17. The highest BCUT2D eigenvalue weighted by Crippen LogP contribution is 2.17. The van der Waals surface area contributed by atoms with Crippen LogP contribution in [0.15, 0.2) is 18.3 Å². The first-order valence-corrected chi connectivity index (χ1v) is 4.44. The summed E-state index contributed by atoms with van der Waals surface area (Å²) in [7, 11) is 0. The van der Waals surface area contributed by atoms with Crippen LogP contribution >= 0.6 is 11.6 Å². The van der Waals surface area contributed by atoms with Crippen LogP contribution in [0.5, 0.6) is 5.88 Å². The molecule has 1 aromatic rings. The molecular formula is C9H12ClNO. The summed E-state index contributed by atoms with van der Waals surface area (Å²) in [6.07, 6.45) is 1.84. The third-order valence-corrected chi connectivity index (χ3v) is 1.63. The molecule has 0 aliphatic rings. The zero-order valence-corrected chi connectivity index (χ0v) is 8.01. The monoisotopic (exact) mass is 185 g/mol. The Balaban J connectivity index is 2.82. The number of rotatable bonds is 3. The fourth-order valence-electron chi connectivity index (χ4n) is 0.855. The molecule has 0 bridgehead atoms. The Morgan fingerprint density at radius 2 is 2.33 bits per heavy atom. The Morgan fingerprint density at radius 3 is 2.92 bits per heavy atom. The van der Waals surface area contributed by atoms with E-state index in [1.54, 1.807) is 6.20 Å². The third kappa shape index (κ3) is 2.38. The van der Waals surface area contributed by atoms with Crippen molar-refractivity contribution < 1.29 is 4.74 Å². The standard InChI is InChI=1S/C9H12ClNO/c1-7(2)12-9-8(6-10)4-3-5-11-9/h3-5,7H,6H2,1-2H3. The van der Waals surface area contributed by atoms with Gasteiger partial charge in [-0.3, -0.25) is 0 Å². The lowest BCUT2D eigenvalue weighted by atomic mass is 10.3. The summed E-state index contributed by atoms with van der Waals surface area (Å²) in [4.78, 5) is 4.08. The molecule has 0 radical (unpaired) electrons. The van der Waals surface area contributed by atoms with Gasteiger partial charge in [0.15, 0.2) is 0 Å². The number of aromatic nitrogens is 1. The molecule has 1 rings (SSSR count). The number of alkyl halides is 1. The molecule has 0 unspecified atom stereocenters. The molecule has 0 atom stereocenters. The first-order valence-electron chi connectivity index (χ1n) is 3.90. The van der Waals surface area contributed by atoms with Crippen molar-refractivity contribution in [1.82, 2.24) is 4.98 Å². The van der Waals surface area contributed by atoms with Crippen LogP contribution in [0.3, 0.4) is 0 Å². The van der Waals surface area contributed by atoms with Crippen molar-refractivity contribution in [3.05, 3.63) is 23.9 Å².